The van der Waals surface area contributed by atoms with E-state index in [1.807, 2.05) is 0 Å². The fraction of sp³-hybridized carbons (Fsp3) is 0.500. The zero-order valence-electron chi connectivity index (χ0n) is 12.6. The van der Waals surface area contributed by atoms with Crippen molar-refractivity contribution in [1.29, 1.82) is 0 Å². The van der Waals surface area contributed by atoms with Crippen molar-refractivity contribution in [3.05, 3.63) is 18.2 Å². The number of aromatic nitrogens is 2. The minimum atomic E-state index is -1.00. The van der Waals surface area contributed by atoms with Crippen molar-refractivity contribution < 1.29 is 19.8 Å². The predicted molar refractivity (Wildman–Crippen MR) is 83.4 cm³/mol. The predicted octanol–water partition coefficient (Wildman–Crippen LogP) is -2.18. The highest BCUT2D eigenvalue weighted by atomic mass is 16.4. The lowest BCUT2D eigenvalue weighted by Crippen LogP contribution is -2.32. The van der Waals surface area contributed by atoms with Crippen molar-refractivity contribution in [2.24, 2.45) is 27.9 Å². The number of H-pyrrole nitrogens is 1. The lowest BCUT2D eigenvalue weighted by atomic mass is 10.2. The molecule has 11 heteroatoms. The highest BCUT2D eigenvalue weighted by Gasteiger charge is 2.12. The fourth-order valence-electron chi connectivity index (χ4n) is 1.36. The molecule has 1 aromatic heterocycles. The minimum Gasteiger partial charge on any atom is -0.480 e. The third-order valence-electron chi connectivity index (χ3n) is 2.60. The van der Waals surface area contributed by atoms with Crippen LogP contribution in [0.5, 0.6) is 0 Å². The van der Waals surface area contributed by atoms with Gasteiger partial charge in [-0.1, -0.05) is 0 Å². The Labute approximate surface area is 132 Å². The van der Waals surface area contributed by atoms with E-state index in [0.29, 0.717) is 19.4 Å². The first-order chi connectivity index (χ1) is 10.7. The van der Waals surface area contributed by atoms with Gasteiger partial charge >= 0.3 is 11.9 Å². The Hall–Kier alpha value is -2.66. The van der Waals surface area contributed by atoms with Gasteiger partial charge in [0.1, 0.15) is 12.1 Å². The summed E-state index contributed by atoms with van der Waals surface area (Å²) in [6, 6.07) is -1.67. The Morgan fingerprint density at radius 1 is 1.22 bits per heavy atom. The number of carboxylic acid groups (broad SMARTS) is 2. The van der Waals surface area contributed by atoms with Gasteiger partial charge in [0.2, 0.25) is 0 Å². The Morgan fingerprint density at radius 2 is 1.83 bits per heavy atom. The number of carbonyl (C=O) groups is 2. The molecule has 1 rings (SSSR count). The number of nitrogens with one attached hydrogen (secondary N) is 1. The minimum absolute atomic E-state index is 0.0129. The summed E-state index contributed by atoms with van der Waals surface area (Å²) in [5.41, 5.74) is 21.3. The van der Waals surface area contributed by atoms with Crippen LogP contribution in [0, 0.1) is 0 Å². The number of aliphatic carboxylic acids is 2. The van der Waals surface area contributed by atoms with Crippen molar-refractivity contribution in [3.63, 3.8) is 0 Å². The maximum atomic E-state index is 10.3. The number of hydrogen-bond donors (Lipinski definition) is 7. The Balaban J connectivity index is 0.000000422. The quantitative estimate of drug-likeness (QED) is 0.156. The monoisotopic (exact) mass is 329 g/mol. The Kier molecular flexibility index (Phi) is 9.71. The molecule has 0 aliphatic rings. The molecule has 23 heavy (non-hydrogen) atoms. The molecule has 0 saturated carbocycles. The summed E-state index contributed by atoms with van der Waals surface area (Å²) in [6.07, 6.45) is 4.29. The molecule has 11 nitrogen and oxygen atoms in total. The van der Waals surface area contributed by atoms with Crippen molar-refractivity contribution >= 4 is 17.9 Å². The van der Waals surface area contributed by atoms with E-state index in [2.05, 4.69) is 15.0 Å². The van der Waals surface area contributed by atoms with Crippen LogP contribution in [0.15, 0.2) is 17.5 Å². The molecule has 0 amide bonds. The molecule has 0 fully saturated rings. The highest BCUT2D eigenvalue weighted by Crippen LogP contribution is 1.95. The molecule has 2 unspecified atom stereocenters. The summed E-state index contributed by atoms with van der Waals surface area (Å²) in [7, 11) is 0. The van der Waals surface area contributed by atoms with Gasteiger partial charge in [0.05, 0.1) is 6.33 Å². The van der Waals surface area contributed by atoms with E-state index in [-0.39, 0.29) is 12.4 Å². The summed E-state index contributed by atoms with van der Waals surface area (Å²) in [5.74, 6) is -1.99. The molecule has 0 bridgehead atoms. The summed E-state index contributed by atoms with van der Waals surface area (Å²) in [6.45, 7) is 0.420. The number of imidazole rings is 1. The van der Waals surface area contributed by atoms with Crippen LogP contribution in [0.25, 0.3) is 0 Å². The van der Waals surface area contributed by atoms with E-state index in [9.17, 15) is 9.59 Å². The van der Waals surface area contributed by atoms with Crippen molar-refractivity contribution in [2.75, 3.05) is 6.54 Å². The number of carboxylic acids is 2. The molecule has 11 N–H and O–H groups in total. The molecule has 0 spiro atoms. The number of aliphatic imine (C=N–C) groups is 1. The van der Waals surface area contributed by atoms with Gasteiger partial charge in [-0.15, -0.1) is 0 Å². The first-order valence-electron chi connectivity index (χ1n) is 6.73. The number of rotatable bonds is 8. The second-order valence-electron chi connectivity index (χ2n) is 4.62. The van der Waals surface area contributed by atoms with Crippen LogP contribution in [0.1, 0.15) is 18.5 Å². The van der Waals surface area contributed by atoms with E-state index < -0.39 is 24.0 Å². The molecular formula is C12H23N7O4. The van der Waals surface area contributed by atoms with E-state index in [0.717, 1.165) is 5.69 Å². The molecule has 1 heterocycles. The zero-order valence-corrected chi connectivity index (χ0v) is 12.6. The Morgan fingerprint density at radius 3 is 2.26 bits per heavy atom. The van der Waals surface area contributed by atoms with E-state index in [1.165, 1.54) is 6.33 Å². The number of nitrogens with two attached hydrogens (primary N) is 4. The average molecular weight is 329 g/mol. The standard InChI is InChI=1S/C6H14N4O2.C6H9N3O2/c7-4(5(11)12)2-1-3-10-6(8)9;7-5(6(10)11)1-4-2-8-3-9-4/h4H,1-3,7H2,(H,11,12)(H4,8,9,10);2-3,5H,1,7H2,(H,8,9)(H,10,11). The molecule has 0 aliphatic heterocycles. The molecule has 0 aromatic carbocycles. The van der Waals surface area contributed by atoms with Gasteiger partial charge < -0.3 is 38.1 Å². The molecule has 0 aliphatic carbocycles. The summed E-state index contributed by atoms with van der Waals surface area (Å²) < 4.78 is 0. The molecule has 130 valence electrons. The van der Waals surface area contributed by atoms with Gasteiger partial charge in [0.15, 0.2) is 5.96 Å². The number of guanidine groups is 1. The van der Waals surface area contributed by atoms with Crippen LogP contribution in [0.3, 0.4) is 0 Å². The van der Waals surface area contributed by atoms with Crippen LogP contribution in [-0.2, 0) is 16.0 Å². The molecule has 2 atom stereocenters. The number of hydrogen-bond acceptors (Lipinski definition) is 6. The lowest BCUT2D eigenvalue weighted by molar-refractivity contribution is -0.139. The zero-order chi connectivity index (χ0) is 17.8. The number of nitrogens with zero attached hydrogens (tertiary/aromatic N) is 2. The summed E-state index contributed by atoms with van der Waals surface area (Å²) in [5, 5.41) is 16.8. The van der Waals surface area contributed by atoms with Crippen LogP contribution < -0.4 is 22.9 Å². The van der Waals surface area contributed by atoms with E-state index in [4.69, 9.17) is 33.1 Å². The SMILES string of the molecule is NC(Cc1cnc[nH]1)C(=O)O.NC(N)=NCCCC(N)C(=O)O. The van der Waals surface area contributed by atoms with Gasteiger partial charge in [-0.25, -0.2) is 4.98 Å². The highest BCUT2D eigenvalue weighted by molar-refractivity contribution is 5.75. The summed E-state index contributed by atoms with van der Waals surface area (Å²) >= 11 is 0. The fourth-order valence-corrected chi connectivity index (χ4v) is 1.36. The molecule has 0 saturated heterocycles. The maximum absolute atomic E-state index is 10.3. The van der Waals surface area contributed by atoms with Crippen molar-refractivity contribution in [1.82, 2.24) is 9.97 Å². The second-order valence-corrected chi connectivity index (χ2v) is 4.62. The second kappa shape index (κ2) is 11.0. The number of aromatic amines is 1. The van der Waals surface area contributed by atoms with Crippen LogP contribution in [-0.4, -0.2) is 56.7 Å². The smallest absolute Gasteiger partial charge is 0.320 e. The first-order valence-corrected chi connectivity index (χ1v) is 6.73. The van der Waals surface area contributed by atoms with Crippen molar-refractivity contribution in [3.8, 4) is 0 Å². The third kappa shape index (κ3) is 10.7. The third-order valence-corrected chi connectivity index (χ3v) is 2.60. The van der Waals surface area contributed by atoms with Gasteiger partial charge in [-0.2, -0.15) is 0 Å². The van der Waals surface area contributed by atoms with Crippen LogP contribution in [0.4, 0.5) is 0 Å². The maximum Gasteiger partial charge on any atom is 0.320 e. The molecule has 0 radical (unpaired) electrons. The van der Waals surface area contributed by atoms with E-state index in [1.54, 1.807) is 6.20 Å². The molecule has 1 aromatic rings. The first kappa shape index (κ1) is 20.3. The average Bonchev–Trinajstić information content (AvgIpc) is 2.96. The topological polar surface area (TPSA) is 220 Å². The lowest BCUT2D eigenvalue weighted by Gasteiger charge is -2.03. The normalized spacial score (nSPS) is 12.4. The largest absolute Gasteiger partial charge is 0.480 e. The van der Waals surface area contributed by atoms with Gasteiger partial charge in [-0.05, 0) is 12.8 Å². The van der Waals surface area contributed by atoms with Gasteiger partial charge in [0, 0.05) is 24.9 Å². The van der Waals surface area contributed by atoms with Crippen molar-refractivity contribution in [2.45, 2.75) is 31.3 Å². The van der Waals surface area contributed by atoms with Gasteiger partial charge in [0.25, 0.3) is 0 Å². The van der Waals surface area contributed by atoms with E-state index >= 15 is 0 Å². The van der Waals surface area contributed by atoms with Crippen LogP contribution >= 0.6 is 0 Å². The van der Waals surface area contributed by atoms with Crippen LogP contribution in [0.2, 0.25) is 0 Å². The Bertz CT molecular complexity index is 500. The van der Waals surface area contributed by atoms with Gasteiger partial charge in [-0.3, -0.25) is 14.6 Å². The molecular weight excluding hydrogens is 306 g/mol. The summed E-state index contributed by atoms with van der Waals surface area (Å²) in [4.78, 5) is 30.7.